The first-order valence-electron chi connectivity index (χ1n) is 7.58. The zero-order chi connectivity index (χ0) is 15.2. The maximum atomic E-state index is 11.8. The van der Waals surface area contributed by atoms with Crippen LogP contribution in [0.2, 0.25) is 0 Å². The number of rotatable bonds is 6. The first-order valence-corrected chi connectivity index (χ1v) is 7.58. The van der Waals surface area contributed by atoms with Crippen LogP contribution in [-0.2, 0) is 4.79 Å². The average Bonchev–Trinajstić information content (AvgIpc) is 2.37. The molecular weight excluding hydrogens is 256 g/mol. The molecule has 1 saturated carbocycles. The predicted octanol–water partition coefficient (Wildman–Crippen LogP) is 2.61. The lowest BCUT2D eigenvalue weighted by molar-refractivity contribution is -0.142. The minimum Gasteiger partial charge on any atom is -0.481 e. The number of nitrogens with one attached hydrogen (secondary N) is 2. The van der Waals surface area contributed by atoms with Crippen LogP contribution in [0.15, 0.2) is 0 Å². The van der Waals surface area contributed by atoms with E-state index in [0.29, 0.717) is 6.54 Å². The average molecular weight is 284 g/mol. The van der Waals surface area contributed by atoms with Crippen molar-refractivity contribution in [3.05, 3.63) is 0 Å². The Bertz CT molecular complexity index is 336. The first-order chi connectivity index (χ1) is 9.34. The number of carbonyl (C=O) groups excluding carboxylic acids is 1. The Hall–Kier alpha value is -1.26. The second-order valence-corrected chi connectivity index (χ2v) is 6.62. The van der Waals surface area contributed by atoms with Gasteiger partial charge in [-0.1, -0.05) is 40.0 Å². The lowest BCUT2D eigenvalue weighted by Crippen LogP contribution is -2.45. The van der Waals surface area contributed by atoms with Gasteiger partial charge in [0.2, 0.25) is 0 Å². The highest BCUT2D eigenvalue weighted by Gasteiger charge is 2.27. The molecule has 5 heteroatoms. The molecular formula is C15H28N2O3. The normalized spacial score (nSPS) is 19.4. The molecule has 1 rings (SSSR count). The minimum absolute atomic E-state index is 0.00339. The van der Waals surface area contributed by atoms with Gasteiger partial charge in [-0.2, -0.15) is 0 Å². The third-order valence-electron chi connectivity index (χ3n) is 4.34. The Morgan fingerprint density at radius 1 is 1.15 bits per heavy atom. The van der Waals surface area contributed by atoms with E-state index < -0.39 is 11.9 Å². The van der Waals surface area contributed by atoms with Gasteiger partial charge in [-0.3, -0.25) is 4.79 Å². The van der Waals surface area contributed by atoms with Crippen molar-refractivity contribution in [2.24, 2.45) is 17.3 Å². The third kappa shape index (κ3) is 5.39. The SMILES string of the molecule is CC(C)C(CNC(=O)NCC1(C)CCCCC1)C(=O)O. The summed E-state index contributed by atoms with van der Waals surface area (Å²) in [5.74, 6) is -1.39. The van der Waals surface area contributed by atoms with Crippen LogP contribution >= 0.6 is 0 Å². The summed E-state index contributed by atoms with van der Waals surface area (Å²) in [5, 5.41) is 14.6. The van der Waals surface area contributed by atoms with Crippen LogP contribution in [0.4, 0.5) is 4.79 Å². The van der Waals surface area contributed by atoms with Crippen molar-refractivity contribution >= 4 is 12.0 Å². The molecule has 0 spiro atoms. The van der Waals surface area contributed by atoms with Crippen molar-refractivity contribution in [3.63, 3.8) is 0 Å². The number of hydrogen-bond donors (Lipinski definition) is 3. The van der Waals surface area contributed by atoms with E-state index in [4.69, 9.17) is 5.11 Å². The van der Waals surface area contributed by atoms with Crippen molar-refractivity contribution in [2.75, 3.05) is 13.1 Å². The molecule has 3 N–H and O–H groups in total. The Morgan fingerprint density at radius 2 is 1.75 bits per heavy atom. The van der Waals surface area contributed by atoms with Crippen LogP contribution in [-0.4, -0.2) is 30.2 Å². The number of carboxylic acid groups (broad SMARTS) is 1. The van der Waals surface area contributed by atoms with Crippen LogP contribution < -0.4 is 10.6 Å². The smallest absolute Gasteiger partial charge is 0.314 e. The van der Waals surface area contributed by atoms with Crippen molar-refractivity contribution < 1.29 is 14.7 Å². The molecule has 5 nitrogen and oxygen atoms in total. The summed E-state index contributed by atoms with van der Waals surface area (Å²) in [5.41, 5.74) is 0.194. The molecule has 1 aliphatic rings. The Balaban J connectivity index is 2.31. The molecule has 0 saturated heterocycles. The maximum absolute atomic E-state index is 11.8. The fourth-order valence-corrected chi connectivity index (χ4v) is 2.75. The Morgan fingerprint density at radius 3 is 2.25 bits per heavy atom. The summed E-state index contributed by atoms with van der Waals surface area (Å²) < 4.78 is 0. The summed E-state index contributed by atoms with van der Waals surface area (Å²) in [6.07, 6.45) is 6.05. The van der Waals surface area contributed by atoms with Crippen LogP contribution in [0.25, 0.3) is 0 Å². The highest BCUT2D eigenvalue weighted by Crippen LogP contribution is 2.34. The number of urea groups is 1. The van der Waals surface area contributed by atoms with Crippen molar-refractivity contribution in [1.29, 1.82) is 0 Å². The zero-order valence-electron chi connectivity index (χ0n) is 12.9. The van der Waals surface area contributed by atoms with Crippen LogP contribution in [0, 0.1) is 17.3 Å². The van der Waals surface area contributed by atoms with Gasteiger partial charge in [0, 0.05) is 13.1 Å². The molecule has 0 radical (unpaired) electrons. The Labute approximate surface area is 121 Å². The van der Waals surface area contributed by atoms with Gasteiger partial charge in [-0.05, 0) is 24.2 Å². The van der Waals surface area contributed by atoms with Gasteiger partial charge in [0.25, 0.3) is 0 Å². The number of hydrogen-bond acceptors (Lipinski definition) is 2. The lowest BCUT2D eigenvalue weighted by Gasteiger charge is -2.33. The summed E-state index contributed by atoms with van der Waals surface area (Å²) >= 11 is 0. The van der Waals surface area contributed by atoms with E-state index in [1.165, 1.54) is 19.3 Å². The lowest BCUT2D eigenvalue weighted by atomic mass is 9.76. The van der Waals surface area contributed by atoms with Gasteiger partial charge in [-0.25, -0.2) is 4.79 Å². The molecule has 1 aliphatic carbocycles. The second-order valence-electron chi connectivity index (χ2n) is 6.62. The molecule has 0 bridgehead atoms. The van der Waals surface area contributed by atoms with Crippen LogP contribution in [0.1, 0.15) is 52.9 Å². The number of amides is 2. The molecule has 20 heavy (non-hydrogen) atoms. The molecule has 0 aromatic rings. The monoisotopic (exact) mass is 284 g/mol. The largest absolute Gasteiger partial charge is 0.481 e. The molecule has 0 aromatic heterocycles. The molecule has 1 fully saturated rings. The molecule has 0 aromatic carbocycles. The van der Waals surface area contributed by atoms with E-state index in [9.17, 15) is 9.59 Å². The van der Waals surface area contributed by atoms with Gasteiger partial charge < -0.3 is 15.7 Å². The van der Waals surface area contributed by atoms with E-state index in [1.54, 1.807) is 0 Å². The van der Waals surface area contributed by atoms with Crippen LogP contribution in [0.5, 0.6) is 0 Å². The molecule has 2 amide bonds. The number of aliphatic carboxylic acids is 1. The van der Waals surface area contributed by atoms with Gasteiger partial charge in [0.15, 0.2) is 0 Å². The fourth-order valence-electron chi connectivity index (χ4n) is 2.75. The summed E-state index contributed by atoms with van der Waals surface area (Å²) in [6.45, 7) is 6.75. The van der Waals surface area contributed by atoms with Crippen molar-refractivity contribution in [1.82, 2.24) is 10.6 Å². The quantitative estimate of drug-likeness (QED) is 0.701. The fraction of sp³-hybridized carbons (Fsp3) is 0.867. The summed E-state index contributed by atoms with van der Waals surface area (Å²) in [4.78, 5) is 22.8. The van der Waals surface area contributed by atoms with E-state index in [2.05, 4.69) is 17.6 Å². The molecule has 1 atom stereocenters. The second kappa shape index (κ2) is 7.50. The first kappa shape index (κ1) is 16.8. The van der Waals surface area contributed by atoms with Gasteiger partial charge in [0.1, 0.15) is 0 Å². The molecule has 0 heterocycles. The highest BCUT2D eigenvalue weighted by atomic mass is 16.4. The summed E-state index contributed by atoms with van der Waals surface area (Å²) in [6, 6.07) is -0.260. The van der Waals surface area contributed by atoms with E-state index in [1.807, 2.05) is 13.8 Å². The third-order valence-corrected chi connectivity index (χ3v) is 4.34. The Kier molecular flexibility index (Phi) is 6.30. The van der Waals surface area contributed by atoms with E-state index >= 15 is 0 Å². The summed E-state index contributed by atoms with van der Waals surface area (Å²) in [7, 11) is 0. The molecule has 1 unspecified atom stereocenters. The van der Waals surface area contributed by atoms with E-state index in [-0.39, 0.29) is 23.9 Å². The standard InChI is InChI=1S/C15H28N2O3/c1-11(2)12(13(18)19)9-16-14(20)17-10-15(3)7-5-4-6-8-15/h11-12H,4-10H2,1-3H3,(H,18,19)(H2,16,17,20). The maximum Gasteiger partial charge on any atom is 0.314 e. The van der Waals surface area contributed by atoms with Crippen molar-refractivity contribution in [2.45, 2.75) is 52.9 Å². The van der Waals surface area contributed by atoms with Gasteiger partial charge in [-0.15, -0.1) is 0 Å². The zero-order valence-corrected chi connectivity index (χ0v) is 12.9. The molecule has 0 aliphatic heterocycles. The minimum atomic E-state index is -0.862. The van der Waals surface area contributed by atoms with Crippen molar-refractivity contribution in [3.8, 4) is 0 Å². The van der Waals surface area contributed by atoms with Crippen LogP contribution in [0.3, 0.4) is 0 Å². The molecule has 116 valence electrons. The highest BCUT2D eigenvalue weighted by molar-refractivity contribution is 5.75. The van der Waals surface area contributed by atoms with E-state index in [0.717, 1.165) is 12.8 Å². The number of carboxylic acids is 1. The number of carbonyl (C=O) groups is 2. The van der Waals surface area contributed by atoms with Gasteiger partial charge >= 0.3 is 12.0 Å². The predicted molar refractivity (Wildman–Crippen MR) is 78.6 cm³/mol. The topological polar surface area (TPSA) is 78.4 Å². The van der Waals surface area contributed by atoms with Gasteiger partial charge in [0.05, 0.1) is 5.92 Å².